The van der Waals surface area contributed by atoms with E-state index in [0.29, 0.717) is 17.6 Å². The number of likely N-dealkylation sites (tertiary alicyclic amines) is 1. The molecule has 5 heteroatoms. The summed E-state index contributed by atoms with van der Waals surface area (Å²) in [6.07, 6.45) is 1.19. The number of hydrogen-bond acceptors (Lipinski definition) is 4. The zero-order valence-corrected chi connectivity index (χ0v) is 13.0. The summed E-state index contributed by atoms with van der Waals surface area (Å²) in [6, 6.07) is 4.13. The van der Waals surface area contributed by atoms with Gasteiger partial charge < -0.3 is 21.1 Å². The first-order valence-electron chi connectivity index (χ1n) is 7.49. The molecule has 1 unspecified atom stereocenters. The average Bonchev–Trinajstić information content (AvgIpc) is 2.88. The molecule has 0 saturated carbocycles. The van der Waals surface area contributed by atoms with Crippen molar-refractivity contribution >= 4 is 17.3 Å². The second kappa shape index (κ2) is 6.35. The van der Waals surface area contributed by atoms with Crippen LogP contribution in [0.2, 0.25) is 0 Å². The fourth-order valence-electron chi connectivity index (χ4n) is 2.84. The fraction of sp³-hybridized carbons (Fsp3) is 0.562. The third kappa shape index (κ3) is 3.67. The summed E-state index contributed by atoms with van der Waals surface area (Å²) >= 11 is 0. The van der Waals surface area contributed by atoms with Gasteiger partial charge in [0.2, 0.25) is 0 Å². The first kappa shape index (κ1) is 15.6. The molecule has 0 aromatic heterocycles. The van der Waals surface area contributed by atoms with E-state index < -0.39 is 5.97 Å². The number of aryl methyl sites for hydroxylation is 1. The highest BCUT2D eigenvalue weighted by atomic mass is 16.4. The number of nitrogen functional groups attached to an aromatic ring is 1. The molecule has 1 saturated heterocycles. The van der Waals surface area contributed by atoms with Crippen molar-refractivity contribution in [1.82, 2.24) is 4.90 Å². The number of rotatable bonds is 5. The van der Waals surface area contributed by atoms with E-state index in [1.165, 1.54) is 6.42 Å². The molecule has 0 radical (unpaired) electrons. The Kier molecular flexibility index (Phi) is 4.73. The molecule has 0 bridgehead atoms. The molecule has 5 nitrogen and oxygen atoms in total. The molecule has 0 spiro atoms. The van der Waals surface area contributed by atoms with Gasteiger partial charge in [0.15, 0.2) is 0 Å². The van der Waals surface area contributed by atoms with Crippen molar-refractivity contribution in [2.75, 3.05) is 30.7 Å². The predicted octanol–water partition coefficient (Wildman–Crippen LogP) is 2.42. The first-order chi connectivity index (χ1) is 9.88. The Bertz CT molecular complexity index is 528. The fourth-order valence-corrected chi connectivity index (χ4v) is 2.84. The van der Waals surface area contributed by atoms with Crippen LogP contribution in [0.1, 0.15) is 36.2 Å². The van der Waals surface area contributed by atoms with Crippen molar-refractivity contribution in [2.45, 2.75) is 33.2 Å². The summed E-state index contributed by atoms with van der Waals surface area (Å²) in [6.45, 7) is 9.39. The molecule has 21 heavy (non-hydrogen) atoms. The molecule has 116 valence electrons. The minimum absolute atomic E-state index is 0.174. The van der Waals surface area contributed by atoms with Gasteiger partial charge >= 0.3 is 5.97 Å². The third-order valence-electron chi connectivity index (χ3n) is 4.26. The summed E-state index contributed by atoms with van der Waals surface area (Å²) in [4.78, 5) is 13.7. The highest BCUT2D eigenvalue weighted by Crippen LogP contribution is 2.24. The number of nitrogens with zero attached hydrogens (tertiary/aromatic N) is 1. The number of benzene rings is 1. The van der Waals surface area contributed by atoms with E-state index in [2.05, 4.69) is 24.1 Å². The van der Waals surface area contributed by atoms with E-state index >= 15 is 0 Å². The molecule has 1 aliphatic rings. The van der Waals surface area contributed by atoms with Crippen molar-refractivity contribution in [1.29, 1.82) is 0 Å². The van der Waals surface area contributed by atoms with Gasteiger partial charge in [-0.1, -0.05) is 0 Å². The summed E-state index contributed by atoms with van der Waals surface area (Å²) in [5, 5.41) is 12.5. The van der Waals surface area contributed by atoms with Crippen molar-refractivity contribution in [3.05, 3.63) is 23.3 Å². The number of nitrogens with one attached hydrogen (secondary N) is 1. The Labute approximate surface area is 126 Å². The molecular weight excluding hydrogens is 266 g/mol. The second-order valence-corrected chi connectivity index (χ2v) is 6.18. The summed E-state index contributed by atoms with van der Waals surface area (Å²) in [5.74, 6) is -0.371. The molecule has 1 aromatic carbocycles. The maximum atomic E-state index is 11.2. The number of carbonyl (C=O) groups is 1. The van der Waals surface area contributed by atoms with Gasteiger partial charge in [-0.2, -0.15) is 0 Å². The van der Waals surface area contributed by atoms with Gasteiger partial charge in [-0.25, -0.2) is 4.79 Å². The molecule has 1 fully saturated rings. The number of nitrogens with two attached hydrogens (primary N) is 1. The monoisotopic (exact) mass is 291 g/mol. The molecule has 1 aromatic rings. The SMILES string of the molecule is Cc1cc(NCC2CCN(C(C)C)C2)cc(C(=O)O)c1N. The first-order valence-corrected chi connectivity index (χ1v) is 7.49. The normalized spacial score (nSPS) is 19.1. The third-order valence-corrected chi connectivity index (χ3v) is 4.26. The van der Waals surface area contributed by atoms with Crippen LogP contribution in [-0.4, -0.2) is 41.7 Å². The van der Waals surface area contributed by atoms with Crippen LogP contribution in [0.25, 0.3) is 0 Å². The van der Waals surface area contributed by atoms with Crippen molar-refractivity contribution < 1.29 is 9.90 Å². The van der Waals surface area contributed by atoms with Crippen molar-refractivity contribution in [3.63, 3.8) is 0 Å². The lowest BCUT2D eigenvalue weighted by molar-refractivity contribution is 0.0698. The summed E-state index contributed by atoms with van der Waals surface area (Å²) in [7, 11) is 0. The van der Waals surface area contributed by atoms with Gasteiger partial charge in [0.1, 0.15) is 0 Å². The van der Waals surface area contributed by atoms with Crippen LogP contribution in [0.5, 0.6) is 0 Å². The van der Waals surface area contributed by atoms with E-state index in [9.17, 15) is 9.90 Å². The Morgan fingerprint density at radius 3 is 2.81 bits per heavy atom. The van der Waals surface area contributed by atoms with Crippen LogP contribution >= 0.6 is 0 Å². The van der Waals surface area contributed by atoms with E-state index in [4.69, 9.17) is 5.73 Å². The molecule has 0 amide bonds. The smallest absolute Gasteiger partial charge is 0.337 e. The van der Waals surface area contributed by atoms with Gasteiger partial charge in [0, 0.05) is 30.5 Å². The number of hydrogen-bond donors (Lipinski definition) is 3. The molecule has 1 heterocycles. The van der Waals surface area contributed by atoms with Crippen LogP contribution in [0, 0.1) is 12.8 Å². The minimum Gasteiger partial charge on any atom is -0.478 e. The lowest BCUT2D eigenvalue weighted by Gasteiger charge is -2.20. The average molecular weight is 291 g/mol. The number of carboxylic acids is 1. The quantitative estimate of drug-likeness (QED) is 0.726. The summed E-state index contributed by atoms with van der Waals surface area (Å²) < 4.78 is 0. The van der Waals surface area contributed by atoms with Crippen molar-refractivity contribution in [3.8, 4) is 0 Å². The topological polar surface area (TPSA) is 78.6 Å². The van der Waals surface area contributed by atoms with Crippen LogP contribution in [0.4, 0.5) is 11.4 Å². The van der Waals surface area contributed by atoms with Gasteiger partial charge in [-0.15, -0.1) is 0 Å². The molecule has 1 aliphatic heterocycles. The Balaban J connectivity index is 2.00. The predicted molar refractivity (Wildman–Crippen MR) is 85.9 cm³/mol. The maximum absolute atomic E-state index is 11.2. The van der Waals surface area contributed by atoms with Gasteiger partial charge in [0.25, 0.3) is 0 Å². The molecule has 2 rings (SSSR count). The standard InChI is InChI=1S/C16H25N3O2/c1-10(2)19-5-4-12(9-19)8-18-13-6-11(3)15(17)14(7-13)16(20)21/h6-7,10,12,18H,4-5,8-9,17H2,1-3H3,(H,20,21). The zero-order valence-electron chi connectivity index (χ0n) is 13.0. The minimum atomic E-state index is -0.980. The Hall–Kier alpha value is -1.75. The van der Waals surface area contributed by atoms with Crippen LogP contribution in [-0.2, 0) is 0 Å². The molecule has 4 N–H and O–H groups in total. The molecular formula is C16H25N3O2. The van der Waals surface area contributed by atoms with Gasteiger partial charge in [-0.05, 0) is 57.4 Å². The summed E-state index contributed by atoms with van der Waals surface area (Å²) in [5.41, 5.74) is 7.96. The highest BCUT2D eigenvalue weighted by molar-refractivity contribution is 5.95. The lowest BCUT2D eigenvalue weighted by atomic mass is 10.1. The Morgan fingerprint density at radius 1 is 1.52 bits per heavy atom. The second-order valence-electron chi connectivity index (χ2n) is 6.18. The van der Waals surface area contributed by atoms with Crippen molar-refractivity contribution in [2.24, 2.45) is 5.92 Å². The van der Waals surface area contributed by atoms with Crippen LogP contribution in [0.15, 0.2) is 12.1 Å². The van der Waals surface area contributed by atoms with E-state index in [1.54, 1.807) is 6.07 Å². The lowest BCUT2D eigenvalue weighted by Crippen LogP contribution is -2.29. The largest absolute Gasteiger partial charge is 0.478 e. The van der Waals surface area contributed by atoms with Gasteiger partial charge in [0.05, 0.1) is 5.56 Å². The molecule has 1 atom stereocenters. The number of anilines is 2. The van der Waals surface area contributed by atoms with E-state index in [1.807, 2.05) is 13.0 Å². The van der Waals surface area contributed by atoms with E-state index in [-0.39, 0.29) is 5.56 Å². The van der Waals surface area contributed by atoms with Crippen LogP contribution in [0.3, 0.4) is 0 Å². The zero-order chi connectivity index (χ0) is 15.6. The van der Waals surface area contributed by atoms with Gasteiger partial charge in [-0.3, -0.25) is 0 Å². The highest BCUT2D eigenvalue weighted by Gasteiger charge is 2.24. The molecule has 0 aliphatic carbocycles. The van der Waals surface area contributed by atoms with Crippen LogP contribution < -0.4 is 11.1 Å². The number of carboxylic acid groups (broad SMARTS) is 1. The maximum Gasteiger partial charge on any atom is 0.337 e. The van der Waals surface area contributed by atoms with E-state index in [0.717, 1.165) is 30.9 Å². The number of aromatic carboxylic acids is 1. The Morgan fingerprint density at radius 2 is 2.24 bits per heavy atom.